The molecule has 0 unspecified atom stereocenters. The summed E-state index contributed by atoms with van der Waals surface area (Å²) in [4.78, 5) is 11.6. The van der Waals surface area contributed by atoms with Crippen molar-refractivity contribution in [2.45, 2.75) is 73.6 Å². The maximum absolute atomic E-state index is 11.6. The first-order valence-electron chi connectivity index (χ1n) is 9.84. The number of carbonyl (C=O) groups excluding carboxylic acids is 1. The standard InChI is InChI=1S/C24H36O2/c1-7-8-17-26-23(25)18-20(3)12-9-11-19(2)14-15-22-21(4)13-10-16-24(22,5)6/h9,11-12,14-15,18H,7-8,10,13,16-17H2,1-6H3. The van der Waals surface area contributed by atoms with E-state index >= 15 is 0 Å². The molecule has 0 fully saturated rings. The van der Waals surface area contributed by atoms with Gasteiger partial charge in [-0.2, -0.15) is 0 Å². The number of rotatable bonds is 8. The van der Waals surface area contributed by atoms with Gasteiger partial charge < -0.3 is 4.74 Å². The quantitative estimate of drug-likeness (QED) is 0.205. The highest BCUT2D eigenvalue weighted by Crippen LogP contribution is 2.40. The molecule has 0 radical (unpaired) electrons. The average Bonchev–Trinajstić information content (AvgIpc) is 2.54. The lowest BCUT2D eigenvalue weighted by Gasteiger charge is -2.32. The zero-order valence-electron chi connectivity index (χ0n) is 17.5. The minimum atomic E-state index is -0.261. The van der Waals surface area contributed by atoms with Crippen LogP contribution in [0.3, 0.4) is 0 Å². The first-order chi connectivity index (χ1) is 12.3. The number of esters is 1. The van der Waals surface area contributed by atoms with E-state index in [1.165, 1.54) is 36.0 Å². The molecular weight excluding hydrogens is 320 g/mol. The van der Waals surface area contributed by atoms with Crippen LogP contribution < -0.4 is 0 Å². The van der Waals surface area contributed by atoms with Gasteiger partial charge in [-0.1, -0.05) is 68.7 Å². The summed E-state index contributed by atoms with van der Waals surface area (Å²) in [6, 6.07) is 0. The Labute approximate surface area is 160 Å². The predicted molar refractivity (Wildman–Crippen MR) is 112 cm³/mol. The molecule has 0 spiro atoms. The topological polar surface area (TPSA) is 26.3 Å². The third kappa shape index (κ3) is 8.03. The van der Waals surface area contributed by atoms with E-state index in [9.17, 15) is 4.79 Å². The lowest BCUT2D eigenvalue weighted by Crippen LogP contribution is -2.19. The van der Waals surface area contributed by atoms with Gasteiger partial charge in [0.1, 0.15) is 0 Å². The van der Waals surface area contributed by atoms with Gasteiger partial charge in [0.15, 0.2) is 0 Å². The lowest BCUT2D eigenvalue weighted by molar-refractivity contribution is -0.137. The van der Waals surface area contributed by atoms with E-state index in [2.05, 4.69) is 52.8 Å². The molecule has 26 heavy (non-hydrogen) atoms. The van der Waals surface area contributed by atoms with Crippen LogP contribution in [0.5, 0.6) is 0 Å². The van der Waals surface area contributed by atoms with Crippen molar-refractivity contribution < 1.29 is 9.53 Å². The van der Waals surface area contributed by atoms with Crippen LogP contribution in [0.2, 0.25) is 0 Å². The van der Waals surface area contributed by atoms with E-state index in [1.807, 2.05) is 19.1 Å². The molecule has 2 heteroatoms. The van der Waals surface area contributed by atoms with Crippen molar-refractivity contribution in [2.75, 3.05) is 6.61 Å². The van der Waals surface area contributed by atoms with Gasteiger partial charge in [0.25, 0.3) is 0 Å². The Kier molecular flexibility index (Phi) is 9.40. The SMILES string of the molecule is CCCCOC(=O)C=C(C)C=CC=C(C)C=CC1=C(C)CCCC1(C)C. The number of allylic oxidation sites excluding steroid dienone is 9. The van der Waals surface area contributed by atoms with E-state index in [0.29, 0.717) is 6.61 Å². The van der Waals surface area contributed by atoms with E-state index in [-0.39, 0.29) is 11.4 Å². The minimum Gasteiger partial charge on any atom is -0.463 e. The molecular formula is C24H36O2. The van der Waals surface area contributed by atoms with Gasteiger partial charge >= 0.3 is 5.97 Å². The van der Waals surface area contributed by atoms with Crippen molar-refractivity contribution in [1.82, 2.24) is 0 Å². The van der Waals surface area contributed by atoms with Crippen molar-refractivity contribution in [3.8, 4) is 0 Å². The van der Waals surface area contributed by atoms with Crippen molar-refractivity contribution in [2.24, 2.45) is 5.41 Å². The maximum atomic E-state index is 11.6. The summed E-state index contributed by atoms with van der Waals surface area (Å²) < 4.78 is 5.13. The van der Waals surface area contributed by atoms with Crippen LogP contribution in [0.4, 0.5) is 0 Å². The zero-order chi connectivity index (χ0) is 19.6. The number of hydrogen-bond acceptors (Lipinski definition) is 2. The second-order valence-electron chi connectivity index (χ2n) is 7.94. The molecule has 1 aliphatic carbocycles. The zero-order valence-corrected chi connectivity index (χ0v) is 17.5. The lowest BCUT2D eigenvalue weighted by atomic mass is 9.72. The molecule has 0 aliphatic heterocycles. The second kappa shape index (κ2) is 11.0. The Hall–Kier alpha value is -1.83. The van der Waals surface area contributed by atoms with Gasteiger partial charge in [-0.25, -0.2) is 4.79 Å². The average molecular weight is 357 g/mol. The number of ether oxygens (including phenoxy) is 1. The normalized spacial score (nSPS) is 18.8. The molecule has 0 atom stereocenters. The molecule has 2 nitrogen and oxygen atoms in total. The summed E-state index contributed by atoms with van der Waals surface area (Å²) in [5.74, 6) is -0.261. The van der Waals surface area contributed by atoms with Gasteiger partial charge in [-0.15, -0.1) is 0 Å². The van der Waals surface area contributed by atoms with Crippen LogP contribution in [0.25, 0.3) is 0 Å². The van der Waals surface area contributed by atoms with Crippen molar-refractivity contribution >= 4 is 5.97 Å². The van der Waals surface area contributed by atoms with Gasteiger partial charge in [0, 0.05) is 6.08 Å². The Bertz CT molecular complexity index is 625. The molecule has 0 saturated heterocycles. The molecule has 0 amide bonds. The fourth-order valence-corrected chi connectivity index (χ4v) is 3.23. The molecule has 0 aromatic carbocycles. The first kappa shape index (κ1) is 22.2. The molecule has 144 valence electrons. The Balaban J connectivity index is 2.64. The number of hydrogen-bond donors (Lipinski definition) is 0. The van der Waals surface area contributed by atoms with Gasteiger partial charge in [0.2, 0.25) is 0 Å². The van der Waals surface area contributed by atoms with Crippen LogP contribution in [-0.2, 0) is 9.53 Å². The van der Waals surface area contributed by atoms with Gasteiger partial charge in [-0.3, -0.25) is 0 Å². The Morgan fingerprint density at radius 2 is 1.92 bits per heavy atom. The molecule has 0 saturated carbocycles. The summed E-state index contributed by atoms with van der Waals surface area (Å²) in [5, 5.41) is 0. The Morgan fingerprint density at radius 1 is 1.19 bits per heavy atom. The Morgan fingerprint density at radius 3 is 2.58 bits per heavy atom. The van der Waals surface area contributed by atoms with Crippen molar-refractivity contribution in [3.63, 3.8) is 0 Å². The third-order valence-corrected chi connectivity index (χ3v) is 4.86. The predicted octanol–water partition coefficient (Wildman–Crippen LogP) is 6.86. The van der Waals surface area contributed by atoms with Gasteiger partial charge in [-0.05, 0) is 63.0 Å². The minimum absolute atomic E-state index is 0.261. The van der Waals surface area contributed by atoms with E-state index in [0.717, 1.165) is 18.4 Å². The van der Waals surface area contributed by atoms with E-state index in [4.69, 9.17) is 4.74 Å². The van der Waals surface area contributed by atoms with Crippen LogP contribution in [0.1, 0.15) is 73.6 Å². The summed E-state index contributed by atoms with van der Waals surface area (Å²) >= 11 is 0. The monoisotopic (exact) mass is 356 g/mol. The third-order valence-electron chi connectivity index (χ3n) is 4.86. The highest BCUT2D eigenvalue weighted by atomic mass is 16.5. The molecule has 0 aromatic rings. The molecule has 0 heterocycles. The van der Waals surface area contributed by atoms with Crippen LogP contribution in [-0.4, -0.2) is 12.6 Å². The molecule has 0 N–H and O–H groups in total. The largest absolute Gasteiger partial charge is 0.463 e. The van der Waals surface area contributed by atoms with E-state index < -0.39 is 0 Å². The van der Waals surface area contributed by atoms with Crippen LogP contribution in [0, 0.1) is 5.41 Å². The smallest absolute Gasteiger partial charge is 0.331 e. The molecule has 1 rings (SSSR count). The number of unbranched alkanes of at least 4 members (excludes halogenated alkanes) is 1. The fourth-order valence-electron chi connectivity index (χ4n) is 3.23. The van der Waals surface area contributed by atoms with Crippen LogP contribution in [0.15, 0.2) is 58.7 Å². The van der Waals surface area contributed by atoms with Crippen molar-refractivity contribution in [1.29, 1.82) is 0 Å². The summed E-state index contributed by atoms with van der Waals surface area (Å²) in [6.07, 6.45) is 17.7. The highest BCUT2D eigenvalue weighted by molar-refractivity contribution is 5.83. The van der Waals surface area contributed by atoms with E-state index in [1.54, 1.807) is 6.08 Å². The molecule has 0 bridgehead atoms. The molecule has 0 aromatic heterocycles. The van der Waals surface area contributed by atoms with Crippen LogP contribution >= 0.6 is 0 Å². The maximum Gasteiger partial charge on any atom is 0.331 e. The summed E-state index contributed by atoms with van der Waals surface area (Å²) in [5.41, 5.74) is 5.35. The summed E-state index contributed by atoms with van der Waals surface area (Å²) in [7, 11) is 0. The highest BCUT2D eigenvalue weighted by Gasteiger charge is 2.26. The second-order valence-corrected chi connectivity index (χ2v) is 7.94. The van der Waals surface area contributed by atoms with Gasteiger partial charge in [0.05, 0.1) is 6.61 Å². The fraction of sp³-hybridized carbons (Fsp3) is 0.542. The number of carbonyl (C=O) groups is 1. The van der Waals surface area contributed by atoms with Crippen molar-refractivity contribution in [3.05, 3.63) is 58.7 Å². The first-order valence-corrected chi connectivity index (χ1v) is 9.84. The molecule has 1 aliphatic rings. The summed E-state index contributed by atoms with van der Waals surface area (Å²) in [6.45, 7) is 13.5.